The summed E-state index contributed by atoms with van der Waals surface area (Å²) in [5, 5.41) is 8.55. The van der Waals surface area contributed by atoms with Crippen molar-refractivity contribution in [1.82, 2.24) is 0 Å². The van der Waals surface area contributed by atoms with E-state index in [0.717, 1.165) is 25.9 Å². The van der Waals surface area contributed by atoms with Gasteiger partial charge in [0.15, 0.2) is 0 Å². The monoisotopic (exact) mass is 308 g/mol. The van der Waals surface area contributed by atoms with E-state index in [1.165, 1.54) is 0 Å². The van der Waals surface area contributed by atoms with Gasteiger partial charge in [0.1, 0.15) is 0 Å². The number of halogens is 1. The van der Waals surface area contributed by atoms with Crippen LogP contribution in [0.2, 0.25) is 0 Å². The SMILES string of the molecule is O=C(O)/C=C/c1ccc(-c2cccc(Br)c2)s1. The summed E-state index contributed by atoms with van der Waals surface area (Å²) < 4.78 is 1.03. The molecule has 2 rings (SSSR count). The van der Waals surface area contributed by atoms with Crippen LogP contribution >= 0.6 is 27.3 Å². The van der Waals surface area contributed by atoms with E-state index in [-0.39, 0.29) is 0 Å². The van der Waals surface area contributed by atoms with Crippen LogP contribution in [0.25, 0.3) is 16.5 Å². The lowest BCUT2D eigenvalue weighted by molar-refractivity contribution is -0.131. The van der Waals surface area contributed by atoms with E-state index in [9.17, 15) is 4.79 Å². The zero-order chi connectivity index (χ0) is 12.3. The first kappa shape index (κ1) is 12.1. The van der Waals surface area contributed by atoms with Crippen LogP contribution in [-0.2, 0) is 4.79 Å². The quantitative estimate of drug-likeness (QED) is 0.860. The molecule has 0 saturated carbocycles. The molecule has 4 heteroatoms. The molecule has 17 heavy (non-hydrogen) atoms. The van der Waals surface area contributed by atoms with Gasteiger partial charge in [-0.05, 0) is 35.9 Å². The number of aliphatic carboxylic acids is 1. The predicted molar refractivity (Wildman–Crippen MR) is 74.1 cm³/mol. The van der Waals surface area contributed by atoms with Crippen LogP contribution in [0.4, 0.5) is 0 Å². The summed E-state index contributed by atoms with van der Waals surface area (Å²) in [4.78, 5) is 12.5. The van der Waals surface area contributed by atoms with Crippen molar-refractivity contribution in [2.45, 2.75) is 0 Å². The molecule has 1 N–H and O–H groups in total. The molecule has 0 bridgehead atoms. The minimum atomic E-state index is -0.928. The summed E-state index contributed by atoms with van der Waals surface area (Å²) in [5.41, 5.74) is 1.12. The third-order valence-corrected chi connectivity index (χ3v) is 3.72. The second-order valence-electron chi connectivity index (χ2n) is 3.38. The highest BCUT2D eigenvalue weighted by Crippen LogP contribution is 2.30. The Labute approximate surface area is 111 Å². The van der Waals surface area contributed by atoms with Crippen molar-refractivity contribution in [1.29, 1.82) is 0 Å². The van der Waals surface area contributed by atoms with E-state index in [1.54, 1.807) is 17.4 Å². The number of thiophene rings is 1. The summed E-state index contributed by atoms with van der Waals surface area (Å²) in [7, 11) is 0. The minimum Gasteiger partial charge on any atom is -0.478 e. The van der Waals surface area contributed by atoms with Crippen LogP contribution in [0.3, 0.4) is 0 Å². The number of rotatable bonds is 3. The maximum Gasteiger partial charge on any atom is 0.328 e. The summed E-state index contributed by atoms with van der Waals surface area (Å²) in [6.45, 7) is 0. The molecular weight excluding hydrogens is 300 g/mol. The number of carboxylic acid groups (broad SMARTS) is 1. The van der Waals surface area contributed by atoms with Gasteiger partial charge in [0.05, 0.1) is 0 Å². The van der Waals surface area contributed by atoms with Gasteiger partial charge in [0.25, 0.3) is 0 Å². The fourth-order valence-corrected chi connectivity index (χ4v) is 2.70. The second-order valence-corrected chi connectivity index (χ2v) is 5.41. The number of hydrogen-bond acceptors (Lipinski definition) is 2. The lowest BCUT2D eigenvalue weighted by Crippen LogP contribution is -1.84. The predicted octanol–water partition coefficient (Wildman–Crippen LogP) is 4.28. The van der Waals surface area contributed by atoms with E-state index in [0.29, 0.717) is 0 Å². The van der Waals surface area contributed by atoms with E-state index < -0.39 is 5.97 Å². The average Bonchev–Trinajstić information content (AvgIpc) is 2.75. The molecule has 0 spiro atoms. The molecule has 0 saturated heterocycles. The number of carbonyl (C=O) groups is 1. The van der Waals surface area contributed by atoms with Crippen molar-refractivity contribution in [2.24, 2.45) is 0 Å². The van der Waals surface area contributed by atoms with Gasteiger partial charge in [-0.25, -0.2) is 4.79 Å². The minimum absolute atomic E-state index is 0.928. The van der Waals surface area contributed by atoms with E-state index in [2.05, 4.69) is 15.9 Å². The molecule has 1 aromatic carbocycles. The Morgan fingerprint density at radius 3 is 2.82 bits per heavy atom. The van der Waals surface area contributed by atoms with Crippen molar-refractivity contribution < 1.29 is 9.90 Å². The van der Waals surface area contributed by atoms with Gasteiger partial charge in [-0.3, -0.25) is 0 Å². The van der Waals surface area contributed by atoms with Gasteiger partial charge in [0.2, 0.25) is 0 Å². The highest BCUT2D eigenvalue weighted by molar-refractivity contribution is 9.10. The van der Waals surface area contributed by atoms with E-state index in [1.807, 2.05) is 36.4 Å². The molecule has 0 atom stereocenters. The van der Waals surface area contributed by atoms with Crippen molar-refractivity contribution in [3.8, 4) is 10.4 Å². The van der Waals surface area contributed by atoms with Crippen molar-refractivity contribution in [3.05, 3.63) is 51.8 Å². The van der Waals surface area contributed by atoms with Gasteiger partial charge in [-0.1, -0.05) is 28.1 Å². The molecule has 0 fully saturated rings. The highest BCUT2D eigenvalue weighted by atomic mass is 79.9. The molecule has 2 aromatic rings. The molecule has 86 valence electrons. The van der Waals surface area contributed by atoms with E-state index >= 15 is 0 Å². The van der Waals surface area contributed by atoms with Gasteiger partial charge in [-0.2, -0.15) is 0 Å². The van der Waals surface area contributed by atoms with Crippen molar-refractivity contribution in [3.63, 3.8) is 0 Å². The zero-order valence-electron chi connectivity index (χ0n) is 8.76. The summed E-state index contributed by atoms with van der Waals surface area (Å²) in [5.74, 6) is -0.928. The van der Waals surface area contributed by atoms with Gasteiger partial charge in [-0.15, -0.1) is 11.3 Å². The fraction of sp³-hybridized carbons (Fsp3) is 0. The maximum absolute atomic E-state index is 10.4. The topological polar surface area (TPSA) is 37.3 Å². The van der Waals surface area contributed by atoms with Gasteiger partial charge < -0.3 is 5.11 Å². The number of hydrogen-bond donors (Lipinski definition) is 1. The van der Waals surface area contributed by atoms with E-state index in [4.69, 9.17) is 5.11 Å². The maximum atomic E-state index is 10.4. The molecule has 0 aliphatic heterocycles. The Bertz CT molecular complexity index is 572. The van der Waals surface area contributed by atoms with Crippen LogP contribution in [0.15, 0.2) is 46.9 Å². The second kappa shape index (κ2) is 5.29. The van der Waals surface area contributed by atoms with Crippen LogP contribution in [0, 0.1) is 0 Å². The zero-order valence-corrected chi connectivity index (χ0v) is 11.2. The standard InChI is InChI=1S/C13H9BrO2S/c14-10-3-1-2-9(8-10)12-6-4-11(17-12)5-7-13(15)16/h1-8H,(H,15,16)/b7-5+. The Morgan fingerprint density at radius 1 is 1.29 bits per heavy atom. The smallest absolute Gasteiger partial charge is 0.328 e. The normalized spacial score (nSPS) is 10.9. The van der Waals surface area contributed by atoms with Gasteiger partial charge >= 0.3 is 5.97 Å². The van der Waals surface area contributed by atoms with Crippen molar-refractivity contribution >= 4 is 39.3 Å². The molecular formula is C13H9BrO2S. The molecule has 0 amide bonds. The Hall–Kier alpha value is -1.39. The largest absolute Gasteiger partial charge is 0.478 e. The summed E-state index contributed by atoms with van der Waals surface area (Å²) >= 11 is 4.99. The Kier molecular flexibility index (Phi) is 3.76. The highest BCUT2D eigenvalue weighted by Gasteiger charge is 2.01. The average molecular weight is 309 g/mol. The Morgan fingerprint density at radius 2 is 2.12 bits per heavy atom. The lowest BCUT2D eigenvalue weighted by atomic mass is 10.2. The molecule has 0 unspecified atom stereocenters. The molecule has 2 nitrogen and oxygen atoms in total. The van der Waals surface area contributed by atoms with Crippen LogP contribution < -0.4 is 0 Å². The lowest BCUT2D eigenvalue weighted by Gasteiger charge is -1.97. The van der Waals surface area contributed by atoms with Crippen LogP contribution in [0.1, 0.15) is 4.88 Å². The molecule has 0 radical (unpaired) electrons. The van der Waals surface area contributed by atoms with Crippen molar-refractivity contribution in [2.75, 3.05) is 0 Å². The third kappa shape index (κ3) is 3.28. The first-order valence-electron chi connectivity index (χ1n) is 4.92. The number of benzene rings is 1. The molecule has 0 aliphatic rings. The number of carboxylic acids is 1. The fourth-order valence-electron chi connectivity index (χ4n) is 1.39. The Balaban J connectivity index is 2.27. The van der Waals surface area contributed by atoms with Crippen LogP contribution in [-0.4, -0.2) is 11.1 Å². The molecule has 1 aromatic heterocycles. The summed E-state index contributed by atoms with van der Waals surface area (Å²) in [6.07, 6.45) is 2.75. The first-order valence-corrected chi connectivity index (χ1v) is 6.53. The first-order chi connectivity index (χ1) is 8.15. The van der Waals surface area contributed by atoms with Gasteiger partial charge in [0, 0.05) is 20.3 Å². The van der Waals surface area contributed by atoms with Crippen LogP contribution in [0.5, 0.6) is 0 Å². The summed E-state index contributed by atoms with van der Waals surface area (Å²) in [6, 6.07) is 11.9. The molecule has 1 heterocycles. The molecule has 0 aliphatic carbocycles. The third-order valence-electron chi connectivity index (χ3n) is 2.13.